The number of nitrogens with zero attached hydrogens (tertiary/aromatic N) is 2. The number of nitrogens with two attached hydrogens (primary N) is 1. The van der Waals surface area contributed by atoms with Gasteiger partial charge in [-0.1, -0.05) is 78.9 Å². The van der Waals surface area contributed by atoms with Gasteiger partial charge in [0.25, 0.3) is 0 Å². The Labute approximate surface area is 183 Å². The number of benzene rings is 3. The SMILES string of the molecule is C[C@H](N)C(=O)NC1CN(CCc2ccccc2)c2ccccc2C(c2ccccc2)=N1. The van der Waals surface area contributed by atoms with E-state index < -0.39 is 12.2 Å². The number of rotatable bonds is 6. The van der Waals surface area contributed by atoms with Crippen LogP contribution < -0.4 is 16.0 Å². The zero-order chi connectivity index (χ0) is 21.6. The van der Waals surface area contributed by atoms with Crippen LogP contribution in [0.3, 0.4) is 0 Å². The molecular formula is C26H28N4O. The molecule has 0 spiro atoms. The molecule has 0 aliphatic carbocycles. The van der Waals surface area contributed by atoms with Crippen molar-refractivity contribution in [2.45, 2.75) is 25.6 Å². The Morgan fingerprint density at radius 2 is 1.68 bits per heavy atom. The molecule has 1 amide bonds. The third-order valence-corrected chi connectivity index (χ3v) is 5.46. The molecule has 2 atom stereocenters. The topological polar surface area (TPSA) is 70.7 Å². The van der Waals surface area contributed by atoms with E-state index in [4.69, 9.17) is 10.7 Å². The van der Waals surface area contributed by atoms with Crippen molar-refractivity contribution in [1.82, 2.24) is 5.32 Å². The van der Waals surface area contributed by atoms with Gasteiger partial charge in [0.1, 0.15) is 6.17 Å². The van der Waals surface area contributed by atoms with Crippen molar-refractivity contribution in [1.29, 1.82) is 0 Å². The van der Waals surface area contributed by atoms with Crippen LogP contribution in [0.15, 0.2) is 89.9 Å². The highest BCUT2D eigenvalue weighted by Crippen LogP contribution is 2.27. The van der Waals surface area contributed by atoms with Crippen LogP contribution in [0, 0.1) is 0 Å². The minimum absolute atomic E-state index is 0.199. The molecule has 3 N–H and O–H groups in total. The summed E-state index contributed by atoms with van der Waals surface area (Å²) in [5.41, 5.74) is 11.2. The number of benzodiazepines with no additional fused rings is 1. The van der Waals surface area contributed by atoms with E-state index in [0.29, 0.717) is 6.54 Å². The summed E-state index contributed by atoms with van der Waals surface area (Å²) in [5, 5.41) is 3.03. The van der Waals surface area contributed by atoms with Crippen LogP contribution in [0.5, 0.6) is 0 Å². The van der Waals surface area contributed by atoms with Crippen molar-refractivity contribution in [3.05, 3.63) is 102 Å². The number of nitrogens with one attached hydrogen (secondary N) is 1. The molecule has 3 aromatic rings. The normalized spacial score (nSPS) is 16.6. The Kier molecular flexibility index (Phi) is 6.43. The van der Waals surface area contributed by atoms with Gasteiger partial charge in [-0.15, -0.1) is 0 Å². The highest BCUT2D eigenvalue weighted by Gasteiger charge is 2.26. The summed E-state index contributed by atoms with van der Waals surface area (Å²) < 4.78 is 0. The number of anilines is 1. The number of carbonyl (C=O) groups excluding carboxylic acids is 1. The summed E-state index contributed by atoms with van der Waals surface area (Å²) in [6.07, 6.45) is 0.515. The van der Waals surface area contributed by atoms with Crippen molar-refractivity contribution in [3.63, 3.8) is 0 Å². The van der Waals surface area contributed by atoms with E-state index in [1.807, 2.05) is 30.3 Å². The Hall–Kier alpha value is -3.44. The fourth-order valence-electron chi connectivity index (χ4n) is 3.84. The lowest BCUT2D eigenvalue weighted by molar-refractivity contribution is -0.122. The third-order valence-electron chi connectivity index (χ3n) is 5.46. The molecule has 0 radical (unpaired) electrons. The van der Waals surface area contributed by atoms with E-state index in [1.54, 1.807) is 6.92 Å². The van der Waals surface area contributed by atoms with Crippen molar-refractivity contribution < 1.29 is 4.79 Å². The first kappa shape index (κ1) is 20.8. The van der Waals surface area contributed by atoms with Crippen LogP contribution in [0.1, 0.15) is 23.6 Å². The first-order chi connectivity index (χ1) is 15.1. The molecule has 1 aliphatic rings. The molecule has 3 aromatic carbocycles. The van der Waals surface area contributed by atoms with Crippen LogP contribution >= 0.6 is 0 Å². The molecule has 0 bridgehead atoms. The molecule has 158 valence electrons. The maximum Gasteiger partial charge on any atom is 0.238 e. The van der Waals surface area contributed by atoms with Gasteiger partial charge in [-0.2, -0.15) is 0 Å². The number of hydrogen-bond acceptors (Lipinski definition) is 4. The standard InChI is InChI=1S/C26H28N4O/c1-19(27)26(31)29-24-18-30(17-16-20-10-4-2-5-11-20)23-15-9-8-14-22(23)25(28-24)21-12-6-3-7-13-21/h2-15,19,24H,16-18,27H2,1H3,(H,29,31)/t19-,24?/m0/s1. The maximum absolute atomic E-state index is 12.4. The van der Waals surface area contributed by atoms with Gasteiger partial charge in [0, 0.05) is 23.4 Å². The smallest absolute Gasteiger partial charge is 0.238 e. The number of para-hydroxylation sites is 1. The van der Waals surface area contributed by atoms with E-state index >= 15 is 0 Å². The molecule has 31 heavy (non-hydrogen) atoms. The minimum Gasteiger partial charge on any atom is -0.367 e. The summed E-state index contributed by atoms with van der Waals surface area (Å²) in [6.45, 7) is 3.09. The second kappa shape index (κ2) is 9.58. The Bertz CT molecular complexity index is 1050. The number of carbonyl (C=O) groups is 1. The predicted octanol–water partition coefficient (Wildman–Crippen LogP) is 3.38. The predicted molar refractivity (Wildman–Crippen MR) is 126 cm³/mol. The molecule has 0 fully saturated rings. The molecule has 5 heteroatoms. The quantitative estimate of drug-likeness (QED) is 0.652. The van der Waals surface area contributed by atoms with Gasteiger partial charge >= 0.3 is 0 Å². The second-order valence-electron chi connectivity index (χ2n) is 7.86. The van der Waals surface area contributed by atoms with Crippen molar-refractivity contribution >= 4 is 17.3 Å². The number of fused-ring (bicyclic) bond motifs is 1. The average molecular weight is 413 g/mol. The van der Waals surface area contributed by atoms with Crippen molar-refractivity contribution in [2.75, 3.05) is 18.0 Å². The summed E-state index contributed by atoms with van der Waals surface area (Å²) in [6, 6.07) is 28.3. The minimum atomic E-state index is -0.584. The van der Waals surface area contributed by atoms with Gasteiger partial charge in [-0.25, -0.2) is 0 Å². The zero-order valence-corrected chi connectivity index (χ0v) is 17.7. The van der Waals surface area contributed by atoms with E-state index in [2.05, 4.69) is 64.8 Å². The van der Waals surface area contributed by atoms with Crippen LogP contribution in [-0.4, -0.2) is 36.9 Å². The Morgan fingerprint density at radius 1 is 1.03 bits per heavy atom. The largest absolute Gasteiger partial charge is 0.367 e. The summed E-state index contributed by atoms with van der Waals surface area (Å²) in [7, 11) is 0. The van der Waals surface area contributed by atoms with E-state index in [-0.39, 0.29) is 5.91 Å². The van der Waals surface area contributed by atoms with E-state index in [9.17, 15) is 4.79 Å². The van der Waals surface area contributed by atoms with Crippen molar-refractivity contribution in [3.8, 4) is 0 Å². The van der Waals surface area contributed by atoms with E-state index in [0.717, 1.165) is 35.5 Å². The number of amides is 1. The molecule has 0 saturated heterocycles. The molecular weight excluding hydrogens is 384 g/mol. The van der Waals surface area contributed by atoms with Crippen molar-refractivity contribution in [2.24, 2.45) is 10.7 Å². The fraction of sp³-hybridized carbons (Fsp3) is 0.231. The number of hydrogen-bond donors (Lipinski definition) is 2. The molecule has 1 unspecified atom stereocenters. The monoisotopic (exact) mass is 412 g/mol. The molecule has 1 heterocycles. The summed E-state index contributed by atoms with van der Waals surface area (Å²) >= 11 is 0. The lowest BCUT2D eigenvalue weighted by Crippen LogP contribution is -2.48. The highest BCUT2D eigenvalue weighted by atomic mass is 16.2. The molecule has 4 rings (SSSR count). The van der Waals surface area contributed by atoms with Crippen LogP contribution in [0.4, 0.5) is 5.69 Å². The van der Waals surface area contributed by atoms with Gasteiger partial charge in [-0.05, 0) is 25.0 Å². The zero-order valence-electron chi connectivity index (χ0n) is 17.7. The van der Waals surface area contributed by atoms with Gasteiger partial charge in [0.2, 0.25) is 5.91 Å². The summed E-state index contributed by atoms with van der Waals surface area (Å²) in [5.74, 6) is -0.199. The van der Waals surface area contributed by atoms with Crippen LogP contribution in [0.25, 0.3) is 0 Å². The van der Waals surface area contributed by atoms with Gasteiger partial charge in [0.15, 0.2) is 0 Å². The first-order valence-corrected chi connectivity index (χ1v) is 10.7. The fourth-order valence-corrected chi connectivity index (χ4v) is 3.84. The molecule has 5 nitrogen and oxygen atoms in total. The molecule has 1 aliphatic heterocycles. The lowest BCUT2D eigenvalue weighted by atomic mass is 10.00. The van der Waals surface area contributed by atoms with Gasteiger partial charge < -0.3 is 16.0 Å². The summed E-state index contributed by atoms with van der Waals surface area (Å²) in [4.78, 5) is 19.7. The highest BCUT2D eigenvalue weighted by molar-refractivity contribution is 6.16. The Morgan fingerprint density at radius 3 is 2.39 bits per heavy atom. The van der Waals surface area contributed by atoms with E-state index in [1.165, 1.54) is 5.56 Å². The van der Waals surface area contributed by atoms with Crippen LogP contribution in [0.2, 0.25) is 0 Å². The van der Waals surface area contributed by atoms with Gasteiger partial charge in [-0.3, -0.25) is 9.79 Å². The second-order valence-corrected chi connectivity index (χ2v) is 7.86. The van der Waals surface area contributed by atoms with Gasteiger partial charge in [0.05, 0.1) is 18.3 Å². The first-order valence-electron chi connectivity index (χ1n) is 10.7. The number of aliphatic imine (C=N–C) groups is 1. The average Bonchev–Trinajstić information content (AvgIpc) is 2.96. The van der Waals surface area contributed by atoms with Crippen LogP contribution in [-0.2, 0) is 11.2 Å². The lowest BCUT2D eigenvalue weighted by Gasteiger charge is -2.28. The third kappa shape index (κ3) is 5.01. The Balaban J connectivity index is 1.71. The molecule has 0 aromatic heterocycles. The molecule has 0 saturated carbocycles. The maximum atomic E-state index is 12.4.